The standard InChI is InChI=1S/C24H33NO3/c1-4-5-6-7-8-9-18-24(23(28)25(2)3,19-10-14-21(26)15-11-19)20-12-16-22(27)17-13-20/h10-17,26-27H,4-9,18H2,1-3H3. The van der Waals surface area contributed by atoms with E-state index in [1.54, 1.807) is 43.3 Å². The third-order valence-corrected chi connectivity index (χ3v) is 5.40. The van der Waals surface area contributed by atoms with E-state index in [1.807, 2.05) is 24.3 Å². The average Bonchev–Trinajstić information content (AvgIpc) is 2.69. The summed E-state index contributed by atoms with van der Waals surface area (Å²) in [7, 11) is 3.55. The molecule has 0 heterocycles. The highest BCUT2D eigenvalue weighted by molar-refractivity contribution is 5.92. The Bertz CT molecular complexity index is 690. The summed E-state index contributed by atoms with van der Waals surface area (Å²) >= 11 is 0. The quantitative estimate of drug-likeness (QED) is 0.553. The van der Waals surface area contributed by atoms with Gasteiger partial charge in [0.2, 0.25) is 5.91 Å². The van der Waals surface area contributed by atoms with Crippen LogP contribution in [0.4, 0.5) is 0 Å². The summed E-state index contributed by atoms with van der Waals surface area (Å²) in [4.78, 5) is 15.1. The maximum atomic E-state index is 13.5. The van der Waals surface area contributed by atoms with Gasteiger partial charge in [-0.25, -0.2) is 0 Å². The van der Waals surface area contributed by atoms with Crippen molar-refractivity contribution in [3.05, 3.63) is 59.7 Å². The van der Waals surface area contributed by atoms with Gasteiger partial charge in [-0.15, -0.1) is 0 Å². The number of phenols is 2. The van der Waals surface area contributed by atoms with Gasteiger partial charge in [-0.2, -0.15) is 0 Å². The van der Waals surface area contributed by atoms with Crippen molar-refractivity contribution >= 4 is 5.91 Å². The van der Waals surface area contributed by atoms with E-state index in [0.29, 0.717) is 6.42 Å². The van der Waals surface area contributed by atoms with E-state index >= 15 is 0 Å². The van der Waals surface area contributed by atoms with Crippen LogP contribution in [0.15, 0.2) is 48.5 Å². The maximum Gasteiger partial charge on any atom is 0.237 e. The lowest BCUT2D eigenvalue weighted by Crippen LogP contribution is -2.44. The van der Waals surface area contributed by atoms with Crippen molar-refractivity contribution < 1.29 is 15.0 Å². The number of phenolic OH excluding ortho intramolecular Hbond substituents is 2. The van der Waals surface area contributed by atoms with E-state index < -0.39 is 5.41 Å². The molecule has 1 amide bonds. The lowest BCUT2D eigenvalue weighted by Gasteiger charge is -2.36. The van der Waals surface area contributed by atoms with Crippen LogP contribution in [0, 0.1) is 0 Å². The molecule has 0 unspecified atom stereocenters. The summed E-state index contributed by atoms with van der Waals surface area (Å²) in [5, 5.41) is 19.5. The number of hydrogen-bond acceptors (Lipinski definition) is 3. The van der Waals surface area contributed by atoms with Crippen LogP contribution < -0.4 is 0 Å². The first-order valence-electron chi connectivity index (χ1n) is 10.2. The molecule has 0 aliphatic carbocycles. The zero-order valence-electron chi connectivity index (χ0n) is 17.3. The highest BCUT2D eigenvalue weighted by Crippen LogP contribution is 2.40. The van der Waals surface area contributed by atoms with Crippen LogP contribution >= 0.6 is 0 Å². The summed E-state index contributed by atoms with van der Waals surface area (Å²) in [6.45, 7) is 2.20. The average molecular weight is 384 g/mol. The number of rotatable bonds is 10. The van der Waals surface area contributed by atoms with Gasteiger partial charge in [0.05, 0.1) is 5.41 Å². The van der Waals surface area contributed by atoms with Gasteiger partial charge in [-0.1, -0.05) is 69.7 Å². The minimum atomic E-state index is -0.838. The first-order valence-corrected chi connectivity index (χ1v) is 10.2. The van der Waals surface area contributed by atoms with E-state index in [0.717, 1.165) is 24.0 Å². The second-order valence-corrected chi connectivity index (χ2v) is 7.72. The van der Waals surface area contributed by atoms with Gasteiger partial charge in [-0.05, 0) is 41.8 Å². The summed E-state index contributed by atoms with van der Waals surface area (Å²) in [6, 6.07) is 13.9. The van der Waals surface area contributed by atoms with E-state index in [2.05, 4.69) is 6.92 Å². The molecule has 0 saturated carbocycles. The number of likely N-dealkylation sites (N-methyl/N-ethyl adjacent to an activating group) is 1. The fourth-order valence-electron chi connectivity index (χ4n) is 3.85. The van der Waals surface area contributed by atoms with Gasteiger partial charge in [0.25, 0.3) is 0 Å². The number of unbranched alkanes of at least 4 members (excludes halogenated alkanes) is 5. The maximum absolute atomic E-state index is 13.5. The van der Waals surface area contributed by atoms with Crippen LogP contribution in [-0.2, 0) is 10.2 Å². The molecule has 0 saturated heterocycles. The molecule has 0 aliphatic rings. The Morgan fingerprint density at radius 2 is 1.21 bits per heavy atom. The highest BCUT2D eigenvalue weighted by Gasteiger charge is 2.42. The number of carbonyl (C=O) groups is 1. The van der Waals surface area contributed by atoms with E-state index in [4.69, 9.17) is 0 Å². The predicted molar refractivity (Wildman–Crippen MR) is 114 cm³/mol. The van der Waals surface area contributed by atoms with Crippen molar-refractivity contribution in [2.75, 3.05) is 14.1 Å². The van der Waals surface area contributed by atoms with Gasteiger partial charge in [0.1, 0.15) is 11.5 Å². The molecule has 0 fully saturated rings. The second-order valence-electron chi connectivity index (χ2n) is 7.72. The summed E-state index contributed by atoms with van der Waals surface area (Å²) in [5.41, 5.74) is 0.891. The SMILES string of the molecule is CCCCCCCCC(C(=O)N(C)C)(c1ccc(O)cc1)c1ccc(O)cc1. The molecule has 2 aromatic rings. The molecule has 2 aromatic carbocycles. The number of carbonyl (C=O) groups excluding carboxylic acids is 1. The molecule has 2 N–H and O–H groups in total. The number of benzene rings is 2. The molecule has 4 nitrogen and oxygen atoms in total. The fourth-order valence-corrected chi connectivity index (χ4v) is 3.85. The molecule has 2 rings (SSSR count). The van der Waals surface area contributed by atoms with Crippen molar-refractivity contribution in [2.45, 2.75) is 57.3 Å². The largest absolute Gasteiger partial charge is 0.508 e. The molecule has 0 aromatic heterocycles. The lowest BCUT2D eigenvalue weighted by molar-refractivity contribution is -0.133. The Morgan fingerprint density at radius 3 is 1.64 bits per heavy atom. The predicted octanol–water partition coefficient (Wildman–Crippen LogP) is 5.22. The molecular formula is C24H33NO3. The third-order valence-electron chi connectivity index (χ3n) is 5.40. The molecule has 0 spiro atoms. The minimum absolute atomic E-state index is 0.0115. The minimum Gasteiger partial charge on any atom is -0.508 e. The normalized spacial score (nSPS) is 11.4. The Kier molecular flexibility index (Phi) is 7.91. The fraction of sp³-hybridized carbons (Fsp3) is 0.458. The smallest absolute Gasteiger partial charge is 0.237 e. The number of amides is 1. The molecule has 0 bridgehead atoms. The molecule has 4 heteroatoms. The zero-order chi connectivity index (χ0) is 20.6. The van der Waals surface area contributed by atoms with Gasteiger partial charge in [0.15, 0.2) is 0 Å². The zero-order valence-corrected chi connectivity index (χ0v) is 17.3. The van der Waals surface area contributed by atoms with E-state index in [-0.39, 0.29) is 17.4 Å². The van der Waals surface area contributed by atoms with Crippen molar-refractivity contribution in [3.8, 4) is 11.5 Å². The Balaban J connectivity index is 2.44. The highest BCUT2D eigenvalue weighted by atomic mass is 16.3. The molecule has 0 aliphatic heterocycles. The Hall–Kier alpha value is -2.49. The first-order chi connectivity index (χ1) is 13.4. The third kappa shape index (κ3) is 5.06. The van der Waals surface area contributed by atoms with Crippen LogP contribution in [0.2, 0.25) is 0 Å². The van der Waals surface area contributed by atoms with Crippen molar-refractivity contribution in [3.63, 3.8) is 0 Å². The molecule has 0 atom stereocenters. The summed E-state index contributed by atoms with van der Waals surface area (Å²) < 4.78 is 0. The second kappa shape index (κ2) is 10.2. The molecule has 28 heavy (non-hydrogen) atoms. The van der Waals surface area contributed by atoms with Crippen LogP contribution in [0.3, 0.4) is 0 Å². The van der Waals surface area contributed by atoms with Crippen LogP contribution in [0.5, 0.6) is 11.5 Å². The van der Waals surface area contributed by atoms with Gasteiger partial charge < -0.3 is 15.1 Å². The molecule has 0 radical (unpaired) electrons. The Labute approximate surface area is 168 Å². The number of aromatic hydroxyl groups is 2. The number of hydrogen-bond donors (Lipinski definition) is 2. The van der Waals surface area contributed by atoms with Crippen molar-refractivity contribution in [2.24, 2.45) is 0 Å². The van der Waals surface area contributed by atoms with E-state index in [1.165, 1.54) is 25.7 Å². The van der Waals surface area contributed by atoms with Crippen LogP contribution in [-0.4, -0.2) is 35.1 Å². The summed E-state index contributed by atoms with van der Waals surface area (Å²) in [6.07, 6.45) is 7.56. The van der Waals surface area contributed by atoms with Crippen molar-refractivity contribution in [1.82, 2.24) is 4.90 Å². The molecule has 152 valence electrons. The van der Waals surface area contributed by atoms with Crippen LogP contribution in [0.25, 0.3) is 0 Å². The summed E-state index contributed by atoms with van der Waals surface area (Å²) in [5.74, 6) is 0.373. The number of nitrogens with zero attached hydrogens (tertiary/aromatic N) is 1. The monoisotopic (exact) mass is 383 g/mol. The topological polar surface area (TPSA) is 60.8 Å². The Morgan fingerprint density at radius 1 is 0.786 bits per heavy atom. The van der Waals surface area contributed by atoms with E-state index in [9.17, 15) is 15.0 Å². The van der Waals surface area contributed by atoms with Crippen LogP contribution in [0.1, 0.15) is 63.0 Å². The lowest BCUT2D eigenvalue weighted by atomic mass is 9.70. The van der Waals surface area contributed by atoms with Gasteiger partial charge in [0, 0.05) is 14.1 Å². The van der Waals surface area contributed by atoms with Gasteiger partial charge in [-0.3, -0.25) is 4.79 Å². The first kappa shape index (κ1) is 21.8. The molecular weight excluding hydrogens is 350 g/mol. The van der Waals surface area contributed by atoms with Gasteiger partial charge >= 0.3 is 0 Å². The van der Waals surface area contributed by atoms with Crippen molar-refractivity contribution in [1.29, 1.82) is 0 Å².